The number of hydrogen-bond donors (Lipinski definition) is 1. The van der Waals surface area contributed by atoms with Gasteiger partial charge < -0.3 is 10.1 Å². The van der Waals surface area contributed by atoms with Gasteiger partial charge in [-0.15, -0.1) is 0 Å². The van der Waals surface area contributed by atoms with Crippen LogP contribution in [0, 0.1) is 11.7 Å². The fourth-order valence-corrected chi connectivity index (χ4v) is 4.52. The van der Waals surface area contributed by atoms with E-state index in [2.05, 4.69) is 5.32 Å². The Labute approximate surface area is 158 Å². The number of rotatable bonds is 5. The number of methoxy groups -OCH3 is 1. The van der Waals surface area contributed by atoms with Gasteiger partial charge in [0.05, 0.1) is 17.7 Å². The van der Waals surface area contributed by atoms with Crippen molar-refractivity contribution < 1.29 is 22.3 Å². The Balaban J connectivity index is 1.62. The Morgan fingerprint density at radius 3 is 2.33 bits per heavy atom. The van der Waals surface area contributed by atoms with Gasteiger partial charge in [0.2, 0.25) is 15.9 Å². The molecule has 27 heavy (non-hydrogen) atoms. The predicted molar refractivity (Wildman–Crippen MR) is 99.5 cm³/mol. The van der Waals surface area contributed by atoms with Crippen molar-refractivity contribution in [2.75, 3.05) is 25.5 Å². The zero-order valence-corrected chi connectivity index (χ0v) is 15.7. The van der Waals surface area contributed by atoms with Gasteiger partial charge in [-0.25, -0.2) is 12.8 Å². The number of piperidine rings is 1. The molecular formula is C19H21FN2O4S. The van der Waals surface area contributed by atoms with E-state index in [4.69, 9.17) is 4.74 Å². The Morgan fingerprint density at radius 2 is 1.74 bits per heavy atom. The van der Waals surface area contributed by atoms with Crippen molar-refractivity contribution in [2.24, 2.45) is 5.92 Å². The molecule has 0 aromatic heterocycles. The van der Waals surface area contributed by atoms with Gasteiger partial charge in [-0.3, -0.25) is 4.79 Å². The fraction of sp³-hybridized carbons (Fsp3) is 0.316. The minimum absolute atomic E-state index is 0.135. The smallest absolute Gasteiger partial charge is 0.243 e. The standard InChI is InChI=1S/C19H21FN2O4S/c1-26-15-6-8-16(9-7-15)27(24,25)22-12-10-14(11-13-22)19(23)21-18-5-3-2-4-17(18)20/h2-9,14H,10-13H2,1H3,(H,21,23). The molecule has 1 saturated heterocycles. The van der Waals surface area contributed by atoms with E-state index in [0.29, 0.717) is 18.6 Å². The SMILES string of the molecule is COc1ccc(S(=O)(=O)N2CCC(C(=O)Nc3ccccc3F)CC2)cc1. The predicted octanol–water partition coefficient (Wildman–Crippen LogP) is 2.87. The first kappa shape index (κ1) is 19.3. The van der Waals surface area contributed by atoms with E-state index in [9.17, 15) is 17.6 Å². The maximum absolute atomic E-state index is 13.7. The van der Waals surface area contributed by atoms with Crippen LogP contribution in [0.4, 0.5) is 10.1 Å². The van der Waals surface area contributed by atoms with Crippen LogP contribution in [-0.2, 0) is 14.8 Å². The Morgan fingerprint density at radius 1 is 1.11 bits per heavy atom. The zero-order valence-electron chi connectivity index (χ0n) is 14.9. The van der Waals surface area contributed by atoms with E-state index < -0.39 is 15.8 Å². The maximum atomic E-state index is 13.7. The highest BCUT2D eigenvalue weighted by molar-refractivity contribution is 7.89. The lowest BCUT2D eigenvalue weighted by atomic mass is 9.97. The molecule has 0 aliphatic carbocycles. The van der Waals surface area contributed by atoms with E-state index in [1.807, 2.05) is 0 Å². The third-order valence-electron chi connectivity index (χ3n) is 4.65. The molecule has 0 spiro atoms. The van der Waals surface area contributed by atoms with Crippen LogP contribution in [0.1, 0.15) is 12.8 Å². The average molecular weight is 392 g/mol. The molecule has 1 aliphatic rings. The van der Waals surface area contributed by atoms with Crippen molar-refractivity contribution in [3.63, 3.8) is 0 Å². The number of hydrogen-bond acceptors (Lipinski definition) is 4. The van der Waals surface area contributed by atoms with Gasteiger partial charge in [0.25, 0.3) is 0 Å². The number of carbonyl (C=O) groups is 1. The molecule has 1 aliphatic heterocycles. The van der Waals surface area contributed by atoms with Crippen LogP contribution in [-0.4, -0.2) is 38.8 Å². The number of para-hydroxylation sites is 1. The molecule has 0 saturated carbocycles. The van der Waals surface area contributed by atoms with E-state index in [1.54, 1.807) is 24.3 Å². The molecule has 1 amide bonds. The number of carbonyl (C=O) groups excluding carboxylic acids is 1. The Bertz CT molecular complexity index is 908. The second-order valence-corrected chi connectivity index (χ2v) is 8.26. The van der Waals surface area contributed by atoms with Crippen molar-refractivity contribution in [3.05, 3.63) is 54.3 Å². The van der Waals surface area contributed by atoms with Gasteiger partial charge in [-0.2, -0.15) is 4.31 Å². The lowest BCUT2D eigenvalue weighted by Crippen LogP contribution is -2.41. The van der Waals surface area contributed by atoms with Crippen LogP contribution >= 0.6 is 0 Å². The van der Waals surface area contributed by atoms with Crippen molar-refractivity contribution >= 4 is 21.6 Å². The third-order valence-corrected chi connectivity index (χ3v) is 6.57. The summed E-state index contributed by atoms with van der Waals surface area (Å²) in [5, 5.41) is 2.58. The molecule has 0 radical (unpaired) electrons. The van der Waals surface area contributed by atoms with Gasteiger partial charge >= 0.3 is 0 Å². The normalized spacial score (nSPS) is 16.1. The molecule has 0 atom stereocenters. The molecule has 0 unspecified atom stereocenters. The van der Waals surface area contributed by atoms with Gasteiger partial charge in [0.1, 0.15) is 11.6 Å². The molecule has 1 fully saturated rings. The molecular weight excluding hydrogens is 371 g/mol. The molecule has 8 heteroatoms. The average Bonchev–Trinajstić information content (AvgIpc) is 2.70. The van der Waals surface area contributed by atoms with Crippen LogP contribution in [0.15, 0.2) is 53.4 Å². The van der Waals surface area contributed by atoms with Crippen LogP contribution in [0.2, 0.25) is 0 Å². The molecule has 2 aromatic rings. The Hall–Kier alpha value is -2.45. The van der Waals surface area contributed by atoms with Crippen molar-refractivity contribution in [3.8, 4) is 5.75 Å². The highest BCUT2D eigenvalue weighted by atomic mass is 32.2. The van der Waals surface area contributed by atoms with Crippen LogP contribution < -0.4 is 10.1 Å². The summed E-state index contributed by atoms with van der Waals surface area (Å²) in [5.41, 5.74) is 0.135. The number of nitrogens with one attached hydrogen (secondary N) is 1. The lowest BCUT2D eigenvalue weighted by molar-refractivity contribution is -0.120. The Kier molecular flexibility index (Phi) is 5.76. The first-order chi connectivity index (χ1) is 12.9. The minimum Gasteiger partial charge on any atom is -0.497 e. The summed E-state index contributed by atoms with van der Waals surface area (Å²) in [6, 6.07) is 12.2. The van der Waals surface area contributed by atoms with Gasteiger partial charge in [0.15, 0.2) is 0 Å². The van der Waals surface area contributed by atoms with Gasteiger partial charge in [-0.1, -0.05) is 12.1 Å². The lowest BCUT2D eigenvalue weighted by Gasteiger charge is -2.30. The van der Waals surface area contributed by atoms with Gasteiger partial charge in [-0.05, 0) is 49.2 Å². The van der Waals surface area contributed by atoms with Crippen LogP contribution in [0.5, 0.6) is 5.75 Å². The third kappa shape index (κ3) is 4.28. The molecule has 2 aromatic carbocycles. The topological polar surface area (TPSA) is 75.7 Å². The summed E-state index contributed by atoms with van der Waals surface area (Å²) >= 11 is 0. The fourth-order valence-electron chi connectivity index (χ4n) is 3.05. The summed E-state index contributed by atoms with van der Waals surface area (Å²) in [6.45, 7) is 0.480. The van der Waals surface area contributed by atoms with E-state index in [0.717, 1.165) is 0 Å². The summed E-state index contributed by atoms with van der Waals surface area (Å²) < 4.78 is 45.6. The molecule has 0 bridgehead atoms. The quantitative estimate of drug-likeness (QED) is 0.849. The molecule has 3 rings (SSSR count). The molecule has 6 nitrogen and oxygen atoms in total. The summed E-state index contributed by atoms with van der Waals surface area (Å²) in [4.78, 5) is 12.5. The minimum atomic E-state index is -3.62. The van der Waals surface area contributed by atoms with E-state index in [1.165, 1.54) is 35.7 Å². The molecule has 1 heterocycles. The monoisotopic (exact) mass is 392 g/mol. The van der Waals surface area contributed by atoms with Crippen LogP contribution in [0.3, 0.4) is 0 Å². The largest absolute Gasteiger partial charge is 0.497 e. The van der Waals surface area contributed by atoms with Crippen LogP contribution in [0.25, 0.3) is 0 Å². The van der Waals surface area contributed by atoms with E-state index >= 15 is 0 Å². The number of nitrogens with zero attached hydrogens (tertiary/aromatic N) is 1. The second-order valence-electron chi connectivity index (χ2n) is 6.32. The summed E-state index contributed by atoms with van der Waals surface area (Å²) in [7, 11) is -2.10. The summed E-state index contributed by atoms with van der Waals surface area (Å²) in [5.74, 6) is -0.559. The second kappa shape index (κ2) is 8.06. The number of sulfonamides is 1. The highest BCUT2D eigenvalue weighted by Crippen LogP contribution is 2.26. The summed E-state index contributed by atoms with van der Waals surface area (Å²) in [6.07, 6.45) is 0.769. The maximum Gasteiger partial charge on any atom is 0.243 e. The highest BCUT2D eigenvalue weighted by Gasteiger charge is 2.32. The first-order valence-electron chi connectivity index (χ1n) is 8.61. The number of benzene rings is 2. The first-order valence-corrected chi connectivity index (χ1v) is 10.1. The van der Waals surface area contributed by atoms with Gasteiger partial charge in [0, 0.05) is 19.0 Å². The molecule has 1 N–H and O–H groups in total. The van der Waals surface area contributed by atoms with Crippen molar-refractivity contribution in [1.29, 1.82) is 0 Å². The number of anilines is 1. The number of ether oxygens (including phenoxy) is 1. The number of amides is 1. The van der Waals surface area contributed by atoms with Crippen molar-refractivity contribution in [2.45, 2.75) is 17.7 Å². The molecule has 144 valence electrons. The number of halogens is 1. The zero-order chi connectivity index (χ0) is 19.4. The van der Waals surface area contributed by atoms with E-state index in [-0.39, 0.29) is 35.5 Å². The van der Waals surface area contributed by atoms with Crippen molar-refractivity contribution in [1.82, 2.24) is 4.31 Å².